The maximum Gasteiger partial charge on any atom is 0.246 e. The summed E-state index contributed by atoms with van der Waals surface area (Å²) in [6.45, 7) is 9.06. The van der Waals surface area contributed by atoms with E-state index in [0.717, 1.165) is 23.5 Å². The molecule has 1 aromatic heterocycles. The molecule has 2 amide bonds. The van der Waals surface area contributed by atoms with Crippen LogP contribution in [0.5, 0.6) is 0 Å². The van der Waals surface area contributed by atoms with Crippen molar-refractivity contribution >= 4 is 23.6 Å². The van der Waals surface area contributed by atoms with Crippen LogP contribution in [-0.2, 0) is 29.1 Å². The van der Waals surface area contributed by atoms with Crippen LogP contribution in [0.4, 0.5) is 0 Å². The van der Waals surface area contributed by atoms with Crippen LogP contribution in [0, 0.1) is 5.92 Å². The molecule has 2 aliphatic rings. The molecule has 2 aliphatic heterocycles. The predicted molar refractivity (Wildman–Crippen MR) is 93.3 cm³/mol. The van der Waals surface area contributed by atoms with E-state index in [1.807, 2.05) is 20.0 Å². The first kappa shape index (κ1) is 17.2. The molecule has 0 aromatic carbocycles. The SMILES string of the molecule is CC(C)Cc1ncc2c(n1)CN(C(=O)[C@@H]1CSC(C)(C)C(=O)N1)C2. The minimum atomic E-state index is -0.470. The summed E-state index contributed by atoms with van der Waals surface area (Å²) < 4.78 is -0.470. The van der Waals surface area contributed by atoms with Gasteiger partial charge in [-0.1, -0.05) is 13.8 Å². The fraction of sp³-hybridized carbons (Fsp3) is 0.647. The fourth-order valence-electron chi connectivity index (χ4n) is 2.90. The molecule has 1 saturated heterocycles. The van der Waals surface area contributed by atoms with E-state index in [1.165, 1.54) is 11.8 Å². The molecule has 0 radical (unpaired) electrons. The highest BCUT2D eigenvalue weighted by Gasteiger charge is 2.40. The average Bonchev–Trinajstić information content (AvgIpc) is 2.92. The quantitative estimate of drug-likeness (QED) is 0.896. The van der Waals surface area contributed by atoms with Gasteiger partial charge in [-0.3, -0.25) is 9.59 Å². The smallest absolute Gasteiger partial charge is 0.246 e. The maximum absolute atomic E-state index is 12.7. The molecule has 0 bridgehead atoms. The monoisotopic (exact) mass is 348 g/mol. The first-order valence-electron chi connectivity index (χ1n) is 8.33. The number of rotatable bonds is 3. The van der Waals surface area contributed by atoms with E-state index < -0.39 is 10.8 Å². The molecule has 3 heterocycles. The molecule has 0 spiro atoms. The van der Waals surface area contributed by atoms with Crippen LogP contribution < -0.4 is 5.32 Å². The second-order valence-electron chi connectivity index (χ2n) is 7.40. The Morgan fingerprint density at radius 2 is 2.21 bits per heavy atom. The van der Waals surface area contributed by atoms with E-state index in [9.17, 15) is 9.59 Å². The normalized spacial score (nSPS) is 22.5. The molecule has 7 heteroatoms. The van der Waals surface area contributed by atoms with Crippen molar-refractivity contribution in [2.75, 3.05) is 5.75 Å². The number of amides is 2. The molecule has 1 atom stereocenters. The molecule has 130 valence electrons. The largest absolute Gasteiger partial charge is 0.342 e. The summed E-state index contributed by atoms with van der Waals surface area (Å²) in [6, 6.07) is -0.451. The zero-order valence-corrected chi connectivity index (χ0v) is 15.4. The van der Waals surface area contributed by atoms with E-state index in [4.69, 9.17) is 0 Å². The van der Waals surface area contributed by atoms with E-state index >= 15 is 0 Å². The highest BCUT2D eigenvalue weighted by atomic mass is 32.2. The summed E-state index contributed by atoms with van der Waals surface area (Å²) in [5.74, 6) is 1.83. The third-order valence-corrected chi connectivity index (χ3v) is 5.78. The Bertz CT molecular complexity index is 675. The van der Waals surface area contributed by atoms with Crippen molar-refractivity contribution in [3.63, 3.8) is 0 Å². The summed E-state index contributed by atoms with van der Waals surface area (Å²) in [4.78, 5) is 35.6. The maximum atomic E-state index is 12.7. The van der Waals surface area contributed by atoms with Gasteiger partial charge in [0.05, 0.1) is 17.0 Å². The van der Waals surface area contributed by atoms with Gasteiger partial charge in [0.15, 0.2) is 0 Å². The molecule has 0 saturated carbocycles. The average molecular weight is 348 g/mol. The molecule has 1 N–H and O–H groups in total. The number of carbonyl (C=O) groups excluding carboxylic acids is 2. The van der Waals surface area contributed by atoms with E-state index in [2.05, 4.69) is 29.1 Å². The van der Waals surface area contributed by atoms with Crippen LogP contribution in [-0.4, -0.2) is 43.2 Å². The molecule has 1 fully saturated rings. The molecular weight excluding hydrogens is 324 g/mol. The Morgan fingerprint density at radius 1 is 1.46 bits per heavy atom. The van der Waals surface area contributed by atoms with Crippen molar-refractivity contribution in [1.29, 1.82) is 0 Å². The lowest BCUT2D eigenvalue weighted by atomic mass is 10.1. The Balaban J connectivity index is 1.67. The zero-order chi connectivity index (χ0) is 17.5. The number of nitrogens with one attached hydrogen (secondary N) is 1. The third-order valence-electron chi connectivity index (χ3n) is 4.37. The highest BCUT2D eigenvalue weighted by molar-refractivity contribution is 8.01. The second-order valence-corrected chi connectivity index (χ2v) is 9.04. The lowest BCUT2D eigenvalue weighted by molar-refractivity contribution is -0.137. The lowest BCUT2D eigenvalue weighted by Gasteiger charge is -2.34. The van der Waals surface area contributed by atoms with Crippen molar-refractivity contribution < 1.29 is 9.59 Å². The van der Waals surface area contributed by atoms with Crippen molar-refractivity contribution in [1.82, 2.24) is 20.2 Å². The molecule has 1 aromatic rings. The number of hydrogen-bond donors (Lipinski definition) is 1. The second kappa shape index (κ2) is 6.35. The Labute approximate surface area is 146 Å². The molecule has 3 rings (SSSR count). The summed E-state index contributed by atoms with van der Waals surface area (Å²) in [7, 11) is 0. The van der Waals surface area contributed by atoms with Crippen LogP contribution in [0.15, 0.2) is 6.20 Å². The summed E-state index contributed by atoms with van der Waals surface area (Å²) >= 11 is 1.53. The molecule has 24 heavy (non-hydrogen) atoms. The van der Waals surface area contributed by atoms with Gasteiger partial charge >= 0.3 is 0 Å². The Hall–Kier alpha value is -1.63. The van der Waals surface area contributed by atoms with Gasteiger partial charge in [-0.05, 0) is 19.8 Å². The predicted octanol–water partition coefficient (Wildman–Crippen LogP) is 1.53. The molecule has 0 unspecified atom stereocenters. The first-order chi connectivity index (χ1) is 11.3. The number of aromatic nitrogens is 2. The zero-order valence-electron chi connectivity index (χ0n) is 14.6. The van der Waals surface area contributed by atoms with Crippen LogP contribution in [0.1, 0.15) is 44.8 Å². The number of thioether (sulfide) groups is 1. The fourth-order valence-corrected chi connectivity index (χ4v) is 3.90. The molecular formula is C17H24N4O2S. The van der Waals surface area contributed by atoms with E-state index in [0.29, 0.717) is 24.8 Å². The molecule has 0 aliphatic carbocycles. The van der Waals surface area contributed by atoms with Gasteiger partial charge in [0.1, 0.15) is 11.9 Å². The van der Waals surface area contributed by atoms with Gasteiger partial charge in [-0.15, -0.1) is 11.8 Å². The lowest BCUT2D eigenvalue weighted by Crippen LogP contribution is -2.57. The van der Waals surface area contributed by atoms with E-state index in [-0.39, 0.29) is 11.8 Å². The van der Waals surface area contributed by atoms with Crippen LogP contribution in [0.2, 0.25) is 0 Å². The van der Waals surface area contributed by atoms with E-state index in [1.54, 1.807) is 4.90 Å². The number of carbonyl (C=O) groups is 2. The van der Waals surface area contributed by atoms with Crippen molar-refractivity contribution in [2.24, 2.45) is 5.92 Å². The van der Waals surface area contributed by atoms with Gasteiger partial charge in [0, 0.05) is 30.5 Å². The Morgan fingerprint density at radius 3 is 2.88 bits per heavy atom. The molecule has 6 nitrogen and oxygen atoms in total. The first-order valence-corrected chi connectivity index (χ1v) is 9.32. The van der Waals surface area contributed by atoms with Crippen molar-refractivity contribution in [3.05, 3.63) is 23.3 Å². The van der Waals surface area contributed by atoms with Crippen LogP contribution >= 0.6 is 11.8 Å². The van der Waals surface area contributed by atoms with Crippen molar-refractivity contribution in [3.8, 4) is 0 Å². The van der Waals surface area contributed by atoms with Crippen molar-refractivity contribution in [2.45, 2.75) is 58.0 Å². The number of nitrogens with zero attached hydrogens (tertiary/aromatic N) is 3. The number of hydrogen-bond acceptors (Lipinski definition) is 5. The highest BCUT2D eigenvalue weighted by Crippen LogP contribution is 2.30. The van der Waals surface area contributed by atoms with Gasteiger partial charge in [-0.2, -0.15) is 0 Å². The standard InChI is InChI=1S/C17H24N4O2S/c1-10(2)5-14-18-6-11-7-21(8-12(11)19-14)15(22)13-9-24-17(3,4)16(23)20-13/h6,10,13H,5,7-9H2,1-4H3,(H,20,23)/t13-/m0/s1. The van der Waals surface area contributed by atoms with Crippen LogP contribution in [0.25, 0.3) is 0 Å². The van der Waals surface area contributed by atoms with Gasteiger partial charge < -0.3 is 10.2 Å². The summed E-state index contributed by atoms with van der Waals surface area (Å²) in [5, 5.41) is 2.86. The third kappa shape index (κ3) is 3.41. The number of fused-ring (bicyclic) bond motifs is 1. The van der Waals surface area contributed by atoms with Gasteiger partial charge in [0.25, 0.3) is 0 Å². The summed E-state index contributed by atoms with van der Waals surface area (Å²) in [6.07, 6.45) is 2.68. The van der Waals surface area contributed by atoms with Crippen LogP contribution in [0.3, 0.4) is 0 Å². The summed E-state index contributed by atoms with van der Waals surface area (Å²) in [5.41, 5.74) is 1.94. The minimum absolute atomic E-state index is 0.0326. The Kier molecular flexibility index (Phi) is 4.55. The van der Waals surface area contributed by atoms with Gasteiger partial charge in [0.2, 0.25) is 11.8 Å². The topological polar surface area (TPSA) is 75.2 Å². The minimum Gasteiger partial charge on any atom is -0.342 e. The van der Waals surface area contributed by atoms with Gasteiger partial charge in [-0.25, -0.2) is 9.97 Å².